The molecule has 2 aromatic carbocycles. The number of halogens is 2. The monoisotopic (exact) mass is 632 g/mol. The summed E-state index contributed by atoms with van der Waals surface area (Å²) in [5.74, 6) is -2.92. The van der Waals surface area contributed by atoms with Crippen LogP contribution in [-0.4, -0.2) is 60.6 Å². The zero-order valence-corrected chi connectivity index (χ0v) is 25.7. The molecule has 3 fully saturated rings. The van der Waals surface area contributed by atoms with E-state index < -0.39 is 49.9 Å². The number of rotatable bonds is 12. The molecular formula is C31H34Cl2N2O6S. The zero-order chi connectivity index (χ0) is 30.2. The van der Waals surface area contributed by atoms with Crippen molar-refractivity contribution < 1.29 is 27.6 Å². The second kappa shape index (κ2) is 12.1. The molecule has 0 spiro atoms. The van der Waals surface area contributed by atoms with Gasteiger partial charge in [-0.3, -0.25) is 19.2 Å². The van der Waals surface area contributed by atoms with E-state index in [0.29, 0.717) is 30.7 Å². The van der Waals surface area contributed by atoms with Crippen molar-refractivity contribution in [1.29, 1.82) is 0 Å². The fraction of sp³-hybridized carbons (Fsp3) is 0.484. The summed E-state index contributed by atoms with van der Waals surface area (Å²) in [6.07, 6.45) is 3.33. The Kier molecular flexibility index (Phi) is 8.84. The number of likely N-dealkylation sites (tertiary alicyclic amines) is 1. The van der Waals surface area contributed by atoms with Crippen LogP contribution in [0.15, 0.2) is 53.4 Å². The Labute approximate surface area is 256 Å². The average Bonchev–Trinajstić information content (AvgIpc) is 3.90. The molecule has 2 amide bonds. The molecule has 11 heteroatoms. The van der Waals surface area contributed by atoms with Crippen LogP contribution in [0.1, 0.15) is 63.9 Å². The number of Topliss-reactive ketones (excluding diaryl/α,β-unsaturated/α-hetero) is 2. The molecule has 1 saturated heterocycles. The smallest absolute Gasteiger partial charge is 0.287 e. The number of nitrogens with one attached hydrogen (secondary N) is 1. The summed E-state index contributed by atoms with van der Waals surface area (Å²) in [6.45, 7) is 1.69. The molecule has 3 atom stereocenters. The highest BCUT2D eigenvalue weighted by molar-refractivity contribution is 7.92. The highest BCUT2D eigenvalue weighted by atomic mass is 35.5. The molecule has 42 heavy (non-hydrogen) atoms. The van der Waals surface area contributed by atoms with E-state index in [1.807, 2.05) is 6.92 Å². The first-order chi connectivity index (χ1) is 20.0. The molecule has 0 aromatic heterocycles. The van der Waals surface area contributed by atoms with E-state index in [4.69, 9.17) is 23.2 Å². The largest absolute Gasteiger partial charge is 0.347 e. The van der Waals surface area contributed by atoms with Crippen LogP contribution in [0, 0.1) is 5.92 Å². The van der Waals surface area contributed by atoms with Crippen LogP contribution >= 0.6 is 23.2 Å². The van der Waals surface area contributed by atoms with Gasteiger partial charge in [-0.05, 0) is 68.4 Å². The molecule has 224 valence electrons. The Balaban J connectivity index is 1.44. The lowest BCUT2D eigenvalue weighted by atomic mass is 9.89. The molecule has 0 bridgehead atoms. The van der Waals surface area contributed by atoms with Gasteiger partial charge in [-0.25, -0.2) is 8.42 Å². The Bertz CT molecular complexity index is 1500. The minimum Gasteiger partial charge on any atom is -0.347 e. The first-order valence-electron chi connectivity index (χ1n) is 14.4. The fourth-order valence-electron chi connectivity index (χ4n) is 5.92. The summed E-state index contributed by atoms with van der Waals surface area (Å²) < 4.78 is 27.5. The quantitative estimate of drug-likeness (QED) is 0.339. The molecule has 2 aromatic rings. The van der Waals surface area contributed by atoms with Gasteiger partial charge in [0.05, 0.1) is 26.6 Å². The van der Waals surface area contributed by atoms with E-state index >= 15 is 0 Å². The summed E-state index contributed by atoms with van der Waals surface area (Å²) >= 11 is 12.3. The molecule has 1 heterocycles. The Hall–Kier alpha value is -2.75. The Morgan fingerprint density at radius 1 is 1.02 bits per heavy atom. The second-order valence-electron chi connectivity index (χ2n) is 11.7. The van der Waals surface area contributed by atoms with Crippen LogP contribution < -0.4 is 5.32 Å². The van der Waals surface area contributed by atoms with Crippen molar-refractivity contribution in [2.75, 3.05) is 6.54 Å². The summed E-state index contributed by atoms with van der Waals surface area (Å²) in [5, 5.41) is 2.23. The summed E-state index contributed by atoms with van der Waals surface area (Å²) in [5.41, 5.74) is -0.106. The molecule has 0 radical (unpaired) electrons. The standard InChI is InChI=1S/C31H34Cl2N2O6S/c1-2-5-19(28(37)29(38)34-22-12-13-22)16-26(36)25-17-23(42(40,41)27-7-4-3-6-24(27)33)18-35(25)30(39)31(14-15-31)20-8-10-21(32)11-9-20/h3-4,6-11,19,22-23,25H,2,5,12-18H2,1H3,(H,34,38)/t19-,23-,25+/m1/s1. The fourth-order valence-corrected chi connectivity index (χ4v) is 8.27. The van der Waals surface area contributed by atoms with E-state index in [2.05, 4.69) is 5.32 Å². The number of benzene rings is 2. The number of nitrogens with zero attached hydrogens (tertiary/aromatic N) is 1. The van der Waals surface area contributed by atoms with Crippen molar-refractivity contribution in [2.24, 2.45) is 5.92 Å². The predicted molar refractivity (Wildman–Crippen MR) is 159 cm³/mol. The van der Waals surface area contributed by atoms with Gasteiger partial charge in [0.25, 0.3) is 5.91 Å². The minimum atomic E-state index is -4.00. The topological polar surface area (TPSA) is 118 Å². The van der Waals surface area contributed by atoms with Gasteiger partial charge in [0.2, 0.25) is 11.7 Å². The van der Waals surface area contributed by atoms with Gasteiger partial charge in [0.15, 0.2) is 15.6 Å². The van der Waals surface area contributed by atoms with Crippen LogP contribution in [0.2, 0.25) is 10.0 Å². The van der Waals surface area contributed by atoms with E-state index in [0.717, 1.165) is 18.4 Å². The van der Waals surface area contributed by atoms with Gasteiger partial charge < -0.3 is 10.2 Å². The summed E-state index contributed by atoms with van der Waals surface area (Å²) in [7, 11) is -4.00. The normalized spacial score (nSPS) is 21.9. The average molecular weight is 634 g/mol. The number of ketones is 2. The number of sulfone groups is 1. The lowest BCUT2D eigenvalue weighted by Crippen LogP contribution is -2.47. The molecule has 1 aliphatic heterocycles. The maximum atomic E-state index is 14.2. The van der Waals surface area contributed by atoms with Gasteiger partial charge in [0, 0.05) is 29.9 Å². The lowest BCUT2D eigenvalue weighted by molar-refractivity contribution is -0.143. The molecule has 3 aliphatic rings. The van der Waals surface area contributed by atoms with E-state index in [9.17, 15) is 27.6 Å². The zero-order valence-electron chi connectivity index (χ0n) is 23.4. The van der Waals surface area contributed by atoms with Crippen LogP contribution in [0.3, 0.4) is 0 Å². The van der Waals surface area contributed by atoms with Gasteiger partial charge in [-0.1, -0.05) is 60.8 Å². The third kappa shape index (κ3) is 6.15. The van der Waals surface area contributed by atoms with Crippen LogP contribution in [0.5, 0.6) is 0 Å². The Morgan fingerprint density at radius 2 is 1.69 bits per heavy atom. The molecule has 2 aliphatic carbocycles. The van der Waals surface area contributed by atoms with E-state index in [1.54, 1.807) is 36.4 Å². The van der Waals surface area contributed by atoms with Crippen molar-refractivity contribution in [3.63, 3.8) is 0 Å². The highest BCUT2D eigenvalue weighted by Gasteiger charge is 2.57. The lowest BCUT2D eigenvalue weighted by Gasteiger charge is -2.29. The van der Waals surface area contributed by atoms with E-state index in [1.165, 1.54) is 17.0 Å². The van der Waals surface area contributed by atoms with Crippen molar-refractivity contribution in [3.8, 4) is 0 Å². The van der Waals surface area contributed by atoms with Crippen LogP contribution in [0.4, 0.5) is 0 Å². The predicted octanol–water partition coefficient (Wildman–Crippen LogP) is 4.69. The maximum Gasteiger partial charge on any atom is 0.287 e. The SMILES string of the molecule is CCC[C@H](CC(=O)[C@@H]1C[C@@H](S(=O)(=O)c2ccccc2Cl)CN1C(=O)C1(c2ccc(Cl)cc2)CC1)C(=O)C(=O)NC1CC1. The second-order valence-corrected chi connectivity index (χ2v) is 14.7. The van der Waals surface area contributed by atoms with Crippen LogP contribution in [-0.2, 0) is 34.4 Å². The third-order valence-electron chi connectivity index (χ3n) is 8.63. The molecule has 1 N–H and O–H groups in total. The summed E-state index contributed by atoms with van der Waals surface area (Å²) in [4.78, 5) is 55.0. The van der Waals surface area contributed by atoms with Gasteiger partial charge in [-0.2, -0.15) is 0 Å². The highest BCUT2D eigenvalue weighted by Crippen LogP contribution is 2.51. The van der Waals surface area contributed by atoms with Crippen molar-refractivity contribution >= 4 is 56.4 Å². The van der Waals surface area contributed by atoms with Crippen LogP contribution in [0.25, 0.3) is 0 Å². The van der Waals surface area contributed by atoms with Crippen molar-refractivity contribution in [1.82, 2.24) is 10.2 Å². The van der Waals surface area contributed by atoms with Gasteiger partial charge in [0.1, 0.15) is 0 Å². The molecular weight excluding hydrogens is 599 g/mol. The number of amides is 2. The van der Waals surface area contributed by atoms with Crippen molar-refractivity contribution in [2.45, 2.75) is 85.9 Å². The minimum absolute atomic E-state index is 0.000692. The number of carbonyl (C=O) groups excluding carboxylic acids is 4. The first-order valence-corrected chi connectivity index (χ1v) is 16.7. The first kappa shape index (κ1) is 30.7. The molecule has 2 saturated carbocycles. The number of hydrogen-bond acceptors (Lipinski definition) is 6. The van der Waals surface area contributed by atoms with E-state index in [-0.39, 0.29) is 41.3 Å². The molecule has 8 nitrogen and oxygen atoms in total. The Morgan fingerprint density at radius 3 is 2.29 bits per heavy atom. The molecule has 0 unspecified atom stereocenters. The van der Waals surface area contributed by atoms with Crippen molar-refractivity contribution in [3.05, 3.63) is 64.1 Å². The molecule has 5 rings (SSSR count). The number of hydrogen-bond donors (Lipinski definition) is 1. The third-order valence-corrected chi connectivity index (χ3v) is 11.5. The van der Waals surface area contributed by atoms with Gasteiger partial charge in [-0.15, -0.1) is 0 Å². The summed E-state index contributed by atoms with van der Waals surface area (Å²) in [6, 6.07) is 12.0. The maximum absolute atomic E-state index is 14.2. The van der Waals surface area contributed by atoms with Gasteiger partial charge >= 0.3 is 0 Å². The number of carbonyl (C=O) groups is 4.